The zero-order valence-electron chi connectivity index (χ0n) is 18.4. The van der Waals surface area contributed by atoms with Gasteiger partial charge in [0.1, 0.15) is 0 Å². The van der Waals surface area contributed by atoms with E-state index in [-0.39, 0.29) is 12.0 Å². The van der Waals surface area contributed by atoms with Crippen LogP contribution in [0.4, 0.5) is 16.2 Å². The molecule has 7 heteroatoms. The quantitative estimate of drug-likeness (QED) is 0.658. The smallest absolute Gasteiger partial charge is 0.322 e. The van der Waals surface area contributed by atoms with Crippen LogP contribution in [0.1, 0.15) is 18.9 Å². The van der Waals surface area contributed by atoms with E-state index in [0.717, 1.165) is 49.5 Å². The zero-order valence-corrected chi connectivity index (χ0v) is 18.4. The lowest BCUT2D eigenvalue weighted by atomic mass is 10.2. The minimum atomic E-state index is -0.196. The van der Waals surface area contributed by atoms with Crippen LogP contribution in [0.5, 0.6) is 0 Å². The van der Waals surface area contributed by atoms with Crippen LogP contribution in [0.15, 0.2) is 54.6 Å². The summed E-state index contributed by atoms with van der Waals surface area (Å²) in [6.07, 6.45) is 0.904. The Morgan fingerprint density at radius 2 is 1.68 bits per heavy atom. The normalized spacial score (nSPS) is 14.2. The molecule has 3 rings (SSSR count). The number of methoxy groups -OCH3 is 1. The molecular formula is C24H32N4O3. The molecular weight excluding hydrogens is 392 g/mol. The van der Waals surface area contributed by atoms with Crippen LogP contribution in [-0.4, -0.2) is 68.2 Å². The Balaban J connectivity index is 1.53. The highest BCUT2D eigenvalue weighted by Gasteiger charge is 2.19. The molecule has 0 unspecified atom stereocenters. The van der Waals surface area contributed by atoms with Gasteiger partial charge in [0.2, 0.25) is 0 Å². The molecule has 1 fully saturated rings. The van der Waals surface area contributed by atoms with Crippen molar-refractivity contribution in [1.29, 1.82) is 0 Å². The topological polar surface area (TPSA) is 65.1 Å². The minimum absolute atomic E-state index is 0.0881. The molecule has 1 aliphatic heterocycles. The first-order chi connectivity index (χ1) is 15.1. The van der Waals surface area contributed by atoms with Crippen molar-refractivity contribution in [2.24, 2.45) is 0 Å². The number of hydrogen-bond donors (Lipinski definition) is 1. The third-order valence-electron chi connectivity index (χ3n) is 5.43. The fourth-order valence-electron chi connectivity index (χ4n) is 3.70. The molecule has 0 bridgehead atoms. The van der Waals surface area contributed by atoms with E-state index < -0.39 is 0 Å². The van der Waals surface area contributed by atoms with E-state index in [1.807, 2.05) is 59.5 Å². The summed E-state index contributed by atoms with van der Waals surface area (Å²) in [6, 6.07) is 17.9. The number of hydrogen-bond acceptors (Lipinski definition) is 5. The first kappa shape index (κ1) is 22.6. The van der Waals surface area contributed by atoms with Crippen molar-refractivity contribution in [3.63, 3.8) is 0 Å². The lowest BCUT2D eigenvalue weighted by Crippen LogP contribution is -2.48. The maximum Gasteiger partial charge on any atom is 0.322 e. The molecule has 0 spiro atoms. The summed E-state index contributed by atoms with van der Waals surface area (Å²) in [4.78, 5) is 30.5. The summed E-state index contributed by atoms with van der Waals surface area (Å²) in [5.74, 6) is -0.196. The van der Waals surface area contributed by atoms with Gasteiger partial charge in [-0.3, -0.25) is 9.69 Å². The van der Waals surface area contributed by atoms with Crippen molar-refractivity contribution < 1.29 is 14.3 Å². The Bertz CT molecular complexity index is 834. The molecule has 0 saturated carbocycles. The van der Waals surface area contributed by atoms with Crippen molar-refractivity contribution in [3.05, 3.63) is 60.2 Å². The first-order valence-corrected chi connectivity index (χ1v) is 10.8. The summed E-state index contributed by atoms with van der Waals surface area (Å²) < 4.78 is 4.74. The maximum atomic E-state index is 12.8. The first-order valence-electron chi connectivity index (χ1n) is 10.8. The molecule has 1 saturated heterocycles. The molecule has 31 heavy (non-hydrogen) atoms. The van der Waals surface area contributed by atoms with Crippen LogP contribution in [0.25, 0.3) is 0 Å². The number of nitrogens with zero attached hydrogens (tertiary/aromatic N) is 3. The molecule has 2 amide bonds. The number of benzene rings is 2. The summed E-state index contributed by atoms with van der Waals surface area (Å²) >= 11 is 0. The van der Waals surface area contributed by atoms with Crippen molar-refractivity contribution >= 4 is 23.4 Å². The number of nitrogens with one attached hydrogen (secondary N) is 1. The second kappa shape index (κ2) is 11.4. The van der Waals surface area contributed by atoms with E-state index in [4.69, 9.17) is 4.74 Å². The van der Waals surface area contributed by atoms with Gasteiger partial charge in [0.05, 0.1) is 13.7 Å². The molecule has 7 nitrogen and oxygen atoms in total. The average Bonchev–Trinajstić information content (AvgIpc) is 2.80. The van der Waals surface area contributed by atoms with Gasteiger partial charge in [0.25, 0.3) is 0 Å². The summed E-state index contributed by atoms with van der Waals surface area (Å²) in [6.45, 7) is 7.05. The van der Waals surface area contributed by atoms with E-state index in [1.165, 1.54) is 7.11 Å². The molecule has 166 valence electrons. The van der Waals surface area contributed by atoms with Crippen molar-refractivity contribution in [2.45, 2.75) is 19.9 Å². The predicted octanol–water partition coefficient (Wildman–Crippen LogP) is 3.43. The van der Waals surface area contributed by atoms with Crippen LogP contribution in [-0.2, 0) is 16.1 Å². The van der Waals surface area contributed by atoms with Crippen LogP contribution in [0, 0.1) is 0 Å². The Morgan fingerprint density at radius 1 is 1.00 bits per heavy atom. The summed E-state index contributed by atoms with van der Waals surface area (Å²) in [7, 11) is 1.42. The van der Waals surface area contributed by atoms with Gasteiger partial charge in [0, 0.05) is 50.6 Å². The highest BCUT2D eigenvalue weighted by atomic mass is 16.5. The molecule has 1 N–H and O–H groups in total. The Hall–Kier alpha value is -3.06. The van der Waals surface area contributed by atoms with E-state index in [0.29, 0.717) is 19.6 Å². The fraction of sp³-hybridized carbons (Fsp3) is 0.417. The highest BCUT2D eigenvalue weighted by molar-refractivity contribution is 5.89. The second-order valence-corrected chi connectivity index (χ2v) is 7.72. The maximum absolute atomic E-state index is 12.8. The summed E-state index contributed by atoms with van der Waals surface area (Å²) in [5.41, 5.74) is 3.02. The van der Waals surface area contributed by atoms with Gasteiger partial charge in [-0.25, -0.2) is 4.79 Å². The monoisotopic (exact) mass is 424 g/mol. The SMILES string of the molecule is CCCN(Cc1ccccc1)C(=O)Nc1ccc(N2CCN(CC(=O)OC)CC2)cc1. The second-order valence-electron chi connectivity index (χ2n) is 7.72. The van der Waals surface area contributed by atoms with Gasteiger partial charge in [0.15, 0.2) is 0 Å². The number of esters is 1. The number of urea groups is 1. The molecule has 0 atom stereocenters. The summed E-state index contributed by atoms with van der Waals surface area (Å²) in [5, 5.41) is 3.02. The number of carbonyl (C=O) groups is 2. The zero-order chi connectivity index (χ0) is 22.1. The molecule has 0 radical (unpaired) electrons. The Morgan fingerprint density at radius 3 is 2.29 bits per heavy atom. The molecule has 2 aromatic carbocycles. The van der Waals surface area contributed by atoms with E-state index >= 15 is 0 Å². The van der Waals surface area contributed by atoms with Gasteiger partial charge >= 0.3 is 12.0 Å². The van der Waals surface area contributed by atoms with Crippen LogP contribution in [0.3, 0.4) is 0 Å². The number of carbonyl (C=O) groups excluding carboxylic acids is 2. The third kappa shape index (κ3) is 6.72. The Labute approximate surface area is 184 Å². The van der Waals surface area contributed by atoms with Gasteiger partial charge < -0.3 is 19.9 Å². The van der Waals surface area contributed by atoms with Crippen LogP contribution >= 0.6 is 0 Å². The number of ether oxygens (including phenoxy) is 1. The standard InChI is InChI=1S/C24H32N4O3/c1-3-13-28(18-20-7-5-4-6-8-20)24(30)25-21-9-11-22(12-10-21)27-16-14-26(15-17-27)19-23(29)31-2/h4-12H,3,13-19H2,1-2H3,(H,25,30). The third-order valence-corrected chi connectivity index (χ3v) is 5.43. The molecule has 2 aromatic rings. The van der Waals surface area contributed by atoms with Gasteiger partial charge in [-0.15, -0.1) is 0 Å². The molecule has 0 aliphatic carbocycles. The minimum Gasteiger partial charge on any atom is -0.468 e. The Kier molecular flexibility index (Phi) is 8.29. The number of piperazine rings is 1. The van der Waals surface area contributed by atoms with Crippen LogP contribution < -0.4 is 10.2 Å². The molecule has 1 heterocycles. The van der Waals surface area contributed by atoms with Gasteiger partial charge in [-0.1, -0.05) is 37.3 Å². The van der Waals surface area contributed by atoms with E-state index in [2.05, 4.69) is 22.0 Å². The average molecular weight is 425 g/mol. The lowest BCUT2D eigenvalue weighted by molar-refractivity contribution is -0.142. The predicted molar refractivity (Wildman–Crippen MR) is 123 cm³/mol. The largest absolute Gasteiger partial charge is 0.468 e. The number of rotatable bonds is 8. The lowest BCUT2D eigenvalue weighted by Gasteiger charge is -2.35. The van der Waals surface area contributed by atoms with Gasteiger partial charge in [-0.2, -0.15) is 0 Å². The van der Waals surface area contributed by atoms with Crippen LogP contribution in [0.2, 0.25) is 0 Å². The van der Waals surface area contributed by atoms with E-state index in [9.17, 15) is 9.59 Å². The fourth-order valence-corrected chi connectivity index (χ4v) is 3.70. The van der Waals surface area contributed by atoms with Crippen molar-refractivity contribution in [1.82, 2.24) is 9.80 Å². The molecule has 1 aliphatic rings. The van der Waals surface area contributed by atoms with Crippen molar-refractivity contribution in [3.8, 4) is 0 Å². The van der Waals surface area contributed by atoms with Gasteiger partial charge in [-0.05, 0) is 36.2 Å². The number of anilines is 2. The van der Waals surface area contributed by atoms with Crippen molar-refractivity contribution in [2.75, 3.05) is 56.6 Å². The number of amides is 2. The molecule has 0 aromatic heterocycles. The highest BCUT2D eigenvalue weighted by Crippen LogP contribution is 2.20. The van der Waals surface area contributed by atoms with E-state index in [1.54, 1.807) is 0 Å².